The number of nitrogens with zero attached hydrogens (tertiary/aromatic N) is 5. The number of piperidine rings is 1. The molecule has 1 fully saturated rings. The molecule has 28 heavy (non-hydrogen) atoms. The molecule has 1 aliphatic rings. The van der Waals surface area contributed by atoms with Crippen molar-refractivity contribution in [1.82, 2.24) is 30.4 Å². The van der Waals surface area contributed by atoms with E-state index in [2.05, 4.69) is 20.8 Å². The van der Waals surface area contributed by atoms with Crippen molar-refractivity contribution < 1.29 is 14.3 Å². The van der Waals surface area contributed by atoms with Crippen molar-refractivity contribution in [2.24, 2.45) is 5.92 Å². The Morgan fingerprint density at radius 3 is 2.54 bits per heavy atom. The van der Waals surface area contributed by atoms with E-state index in [1.165, 1.54) is 0 Å². The SMILES string of the molecule is COc1ccc(CNC(=O)C2CCN(C(=O)CCn3nnnc3C)CC2)cc1. The number of nitrogens with one attached hydrogen (secondary N) is 1. The normalized spacial score (nSPS) is 14.7. The van der Waals surface area contributed by atoms with Gasteiger partial charge in [0.1, 0.15) is 11.6 Å². The van der Waals surface area contributed by atoms with Gasteiger partial charge in [-0.2, -0.15) is 0 Å². The van der Waals surface area contributed by atoms with E-state index in [0.717, 1.165) is 11.3 Å². The standard InChI is InChI=1S/C19H26N6O3/c1-14-21-22-23-25(14)12-9-18(26)24-10-7-16(8-11-24)19(27)20-13-15-3-5-17(28-2)6-4-15/h3-6,16H,7-13H2,1-2H3,(H,20,27). The number of carbonyl (C=O) groups is 2. The summed E-state index contributed by atoms with van der Waals surface area (Å²) in [6.07, 6.45) is 1.73. The number of tetrazole rings is 1. The zero-order valence-electron chi connectivity index (χ0n) is 16.3. The van der Waals surface area contributed by atoms with E-state index in [1.54, 1.807) is 18.7 Å². The Balaban J connectivity index is 1.39. The zero-order valence-corrected chi connectivity index (χ0v) is 16.3. The molecule has 0 bridgehead atoms. The number of hydrogen-bond donors (Lipinski definition) is 1. The van der Waals surface area contributed by atoms with Gasteiger partial charge in [-0.15, -0.1) is 5.10 Å². The summed E-state index contributed by atoms with van der Waals surface area (Å²) >= 11 is 0. The van der Waals surface area contributed by atoms with Crippen molar-refractivity contribution in [3.05, 3.63) is 35.7 Å². The van der Waals surface area contributed by atoms with E-state index in [0.29, 0.717) is 51.3 Å². The molecule has 2 amide bonds. The first-order valence-corrected chi connectivity index (χ1v) is 9.48. The molecule has 9 nitrogen and oxygen atoms in total. The molecule has 1 N–H and O–H groups in total. The van der Waals surface area contributed by atoms with Gasteiger partial charge in [0, 0.05) is 32.0 Å². The third-order valence-corrected chi connectivity index (χ3v) is 5.09. The van der Waals surface area contributed by atoms with Gasteiger partial charge in [0.2, 0.25) is 11.8 Å². The lowest BCUT2D eigenvalue weighted by Crippen LogP contribution is -2.43. The second-order valence-electron chi connectivity index (χ2n) is 6.92. The van der Waals surface area contributed by atoms with Gasteiger partial charge in [0.25, 0.3) is 0 Å². The predicted molar refractivity (Wildman–Crippen MR) is 101 cm³/mol. The van der Waals surface area contributed by atoms with Gasteiger partial charge < -0.3 is 15.0 Å². The van der Waals surface area contributed by atoms with Crippen LogP contribution in [0.3, 0.4) is 0 Å². The topological polar surface area (TPSA) is 102 Å². The fourth-order valence-corrected chi connectivity index (χ4v) is 3.28. The summed E-state index contributed by atoms with van der Waals surface area (Å²) in [6, 6.07) is 7.63. The smallest absolute Gasteiger partial charge is 0.224 e. The molecular formula is C19H26N6O3. The Labute approximate surface area is 164 Å². The van der Waals surface area contributed by atoms with E-state index in [1.807, 2.05) is 29.2 Å². The number of rotatable bonds is 7. The first kappa shape index (κ1) is 19.8. The maximum atomic E-state index is 12.4. The number of aromatic nitrogens is 4. The number of ether oxygens (including phenoxy) is 1. The molecule has 0 unspecified atom stereocenters. The molecule has 2 aromatic rings. The van der Waals surface area contributed by atoms with E-state index < -0.39 is 0 Å². The summed E-state index contributed by atoms with van der Waals surface area (Å²) in [5.41, 5.74) is 1.03. The molecule has 0 spiro atoms. The van der Waals surface area contributed by atoms with Crippen LogP contribution in [0.2, 0.25) is 0 Å². The molecule has 1 saturated heterocycles. The Bertz CT molecular complexity index is 796. The van der Waals surface area contributed by atoms with Crippen LogP contribution in [0, 0.1) is 12.8 Å². The number of likely N-dealkylation sites (tertiary alicyclic amines) is 1. The van der Waals surface area contributed by atoms with E-state index in [-0.39, 0.29) is 17.7 Å². The molecule has 0 atom stereocenters. The lowest BCUT2D eigenvalue weighted by Gasteiger charge is -2.31. The summed E-state index contributed by atoms with van der Waals surface area (Å²) in [7, 11) is 1.63. The Morgan fingerprint density at radius 2 is 1.93 bits per heavy atom. The second kappa shape index (κ2) is 9.29. The highest BCUT2D eigenvalue weighted by Gasteiger charge is 2.27. The molecule has 9 heteroatoms. The van der Waals surface area contributed by atoms with Crippen LogP contribution in [0.1, 0.15) is 30.7 Å². The third kappa shape index (κ3) is 5.05. The van der Waals surface area contributed by atoms with Gasteiger partial charge in [0.05, 0.1) is 13.7 Å². The highest BCUT2D eigenvalue weighted by molar-refractivity contribution is 5.80. The second-order valence-corrected chi connectivity index (χ2v) is 6.92. The van der Waals surface area contributed by atoms with Crippen molar-refractivity contribution in [2.45, 2.75) is 39.3 Å². The van der Waals surface area contributed by atoms with E-state index in [4.69, 9.17) is 4.74 Å². The molecular weight excluding hydrogens is 360 g/mol. The Morgan fingerprint density at radius 1 is 1.21 bits per heavy atom. The van der Waals surface area contributed by atoms with E-state index >= 15 is 0 Å². The lowest BCUT2D eigenvalue weighted by atomic mass is 9.95. The maximum Gasteiger partial charge on any atom is 0.224 e. The summed E-state index contributed by atoms with van der Waals surface area (Å²) < 4.78 is 6.76. The number of aryl methyl sites for hydroxylation is 2. The molecule has 2 heterocycles. The minimum Gasteiger partial charge on any atom is -0.497 e. The van der Waals surface area contributed by atoms with Crippen molar-refractivity contribution in [1.29, 1.82) is 0 Å². The molecule has 1 aromatic carbocycles. The highest BCUT2D eigenvalue weighted by atomic mass is 16.5. The van der Waals surface area contributed by atoms with Crippen LogP contribution >= 0.6 is 0 Å². The number of carbonyl (C=O) groups excluding carboxylic acids is 2. The quantitative estimate of drug-likeness (QED) is 0.760. The van der Waals surface area contributed by atoms with Crippen LogP contribution in [0.4, 0.5) is 0 Å². The molecule has 150 valence electrons. The fourth-order valence-electron chi connectivity index (χ4n) is 3.28. The van der Waals surface area contributed by atoms with Crippen LogP contribution < -0.4 is 10.1 Å². The molecule has 3 rings (SSSR count). The maximum absolute atomic E-state index is 12.4. The molecule has 0 radical (unpaired) electrons. The van der Waals surface area contributed by atoms with Gasteiger partial charge >= 0.3 is 0 Å². The monoisotopic (exact) mass is 386 g/mol. The van der Waals surface area contributed by atoms with Crippen LogP contribution in [0.5, 0.6) is 5.75 Å². The minimum atomic E-state index is -0.0518. The molecule has 1 aliphatic heterocycles. The molecule has 0 aliphatic carbocycles. The van der Waals surface area contributed by atoms with E-state index in [9.17, 15) is 9.59 Å². The van der Waals surface area contributed by atoms with Gasteiger partial charge in [-0.1, -0.05) is 12.1 Å². The number of methoxy groups -OCH3 is 1. The molecule has 1 aromatic heterocycles. The van der Waals surface area contributed by atoms with Crippen LogP contribution in [-0.4, -0.2) is 57.1 Å². The summed E-state index contributed by atoms with van der Waals surface area (Å²) in [5.74, 6) is 1.56. The van der Waals surface area contributed by atoms with Gasteiger partial charge in [-0.25, -0.2) is 4.68 Å². The highest BCUT2D eigenvalue weighted by Crippen LogP contribution is 2.19. The van der Waals surface area contributed by atoms with Gasteiger partial charge in [-0.3, -0.25) is 9.59 Å². The minimum absolute atomic E-state index is 0.0484. The zero-order chi connectivity index (χ0) is 19.9. The van der Waals surface area contributed by atoms with Crippen LogP contribution in [0.15, 0.2) is 24.3 Å². The summed E-state index contributed by atoms with van der Waals surface area (Å²) in [4.78, 5) is 26.6. The third-order valence-electron chi connectivity index (χ3n) is 5.09. The predicted octanol–water partition coefficient (Wildman–Crippen LogP) is 0.935. The van der Waals surface area contributed by atoms with Crippen molar-refractivity contribution in [3.63, 3.8) is 0 Å². The largest absolute Gasteiger partial charge is 0.497 e. The lowest BCUT2D eigenvalue weighted by molar-refractivity contribution is -0.135. The van der Waals surface area contributed by atoms with Gasteiger partial charge in [-0.05, 0) is 47.9 Å². The first-order valence-electron chi connectivity index (χ1n) is 9.48. The summed E-state index contributed by atoms with van der Waals surface area (Å²) in [5, 5.41) is 14.2. The van der Waals surface area contributed by atoms with Crippen molar-refractivity contribution >= 4 is 11.8 Å². The fraction of sp³-hybridized carbons (Fsp3) is 0.526. The summed E-state index contributed by atoms with van der Waals surface area (Å²) in [6.45, 7) is 3.98. The number of benzene rings is 1. The average Bonchev–Trinajstić information content (AvgIpc) is 3.15. The van der Waals surface area contributed by atoms with Crippen molar-refractivity contribution in [3.8, 4) is 5.75 Å². The Kier molecular flexibility index (Phi) is 6.57. The number of hydrogen-bond acceptors (Lipinski definition) is 6. The van der Waals surface area contributed by atoms with Crippen molar-refractivity contribution in [2.75, 3.05) is 20.2 Å². The molecule has 0 saturated carbocycles. The van der Waals surface area contributed by atoms with Crippen LogP contribution in [0.25, 0.3) is 0 Å². The first-order chi connectivity index (χ1) is 13.6. The van der Waals surface area contributed by atoms with Gasteiger partial charge in [0.15, 0.2) is 0 Å². The Hall–Kier alpha value is -2.97. The average molecular weight is 386 g/mol. The van der Waals surface area contributed by atoms with Crippen LogP contribution in [-0.2, 0) is 22.7 Å². The number of amides is 2.